The van der Waals surface area contributed by atoms with Crippen LogP contribution in [0.15, 0.2) is 46.9 Å². The smallest absolute Gasteiger partial charge is 0.126 e. The Labute approximate surface area is 108 Å². The van der Waals surface area contributed by atoms with Crippen molar-refractivity contribution in [2.45, 2.75) is 13.5 Å². The molecule has 0 aliphatic heterocycles. The van der Waals surface area contributed by atoms with Crippen LogP contribution in [0.3, 0.4) is 0 Å². The molecule has 0 bridgehead atoms. The molecule has 0 N–H and O–H groups in total. The standard InChI is InChI=1S/C14H12BrFO/c1-10-6-7-12(16)8-14(10)17-9-11-4-2-3-5-13(11)15/h2-8H,9H2,1H3. The van der Waals surface area contributed by atoms with Crippen molar-refractivity contribution in [1.82, 2.24) is 0 Å². The zero-order valence-electron chi connectivity index (χ0n) is 9.41. The van der Waals surface area contributed by atoms with Gasteiger partial charge in [0.15, 0.2) is 0 Å². The number of halogens is 2. The fourth-order valence-corrected chi connectivity index (χ4v) is 1.90. The van der Waals surface area contributed by atoms with Gasteiger partial charge in [0.1, 0.15) is 18.2 Å². The third-order valence-corrected chi connectivity index (χ3v) is 3.26. The molecule has 0 unspecified atom stereocenters. The van der Waals surface area contributed by atoms with E-state index in [1.807, 2.05) is 31.2 Å². The molecule has 0 spiro atoms. The van der Waals surface area contributed by atoms with Gasteiger partial charge in [0.25, 0.3) is 0 Å². The van der Waals surface area contributed by atoms with Gasteiger partial charge < -0.3 is 4.74 Å². The molecule has 0 fully saturated rings. The topological polar surface area (TPSA) is 9.23 Å². The molecule has 0 amide bonds. The first kappa shape index (κ1) is 12.1. The second kappa shape index (κ2) is 5.32. The van der Waals surface area contributed by atoms with Crippen LogP contribution in [0.5, 0.6) is 5.75 Å². The first-order chi connectivity index (χ1) is 8.16. The maximum Gasteiger partial charge on any atom is 0.126 e. The summed E-state index contributed by atoms with van der Waals surface area (Å²) in [6.45, 7) is 2.32. The van der Waals surface area contributed by atoms with Gasteiger partial charge in [-0.15, -0.1) is 0 Å². The quantitative estimate of drug-likeness (QED) is 0.811. The average molecular weight is 295 g/mol. The third kappa shape index (κ3) is 3.07. The van der Waals surface area contributed by atoms with Crippen LogP contribution < -0.4 is 4.74 Å². The molecule has 88 valence electrons. The molecule has 0 radical (unpaired) electrons. The van der Waals surface area contributed by atoms with Crippen molar-refractivity contribution >= 4 is 15.9 Å². The van der Waals surface area contributed by atoms with Crippen LogP contribution in [0.4, 0.5) is 4.39 Å². The van der Waals surface area contributed by atoms with Gasteiger partial charge in [-0.3, -0.25) is 0 Å². The number of aryl methyl sites for hydroxylation is 1. The molecule has 0 aromatic heterocycles. The van der Waals surface area contributed by atoms with Gasteiger partial charge >= 0.3 is 0 Å². The van der Waals surface area contributed by atoms with Crippen molar-refractivity contribution in [2.24, 2.45) is 0 Å². The molecule has 17 heavy (non-hydrogen) atoms. The van der Waals surface area contributed by atoms with Crippen LogP contribution in [0.1, 0.15) is 11.1 Å². The summed E-state index contributed by atoms with van der Waals surface area (Å²) in [5.41, 5.74) is 1.97. The maximum atomic E-state index is 13.1. The normalized spacial score (nSPS) is 10.3. The van der Waals surface area contributed by atoms with E-state index in [9.17, 15) is 4.39 Å². The molecular formula is C14H12BrFO. The lowest BCUT2D eigenvalue weighted by Crippen LogP contribution is -1.98. The molecule has 3 heteroatoms. The zero-order valence-corrected chi connectivity index (χ0v) is 11.0. The Kier molecular flexibility index (Phi) is 3.79. The second-order valence-electron chi connectivity index (χ2n) is 3.79. The number of ether oxygens (including phenoxy) is 1. The first-order valence-corrected chi connectivity index (χ1v) is 6.08. The first-order valence-electron chi connectivity index (χ1n) is 5.29. The van der Waals surface area contributed by atoms with E-state index in [0.717, 1.165) is 15.6 Å². The highest BCUT2D eigenvalue weighted by Gasteiger charge is 2.03. The summed E-state index contributed by atoms with van der Waals surface area (Å²) in [5.74, 6) is 0.304. The van der Waals surface area contributed by atoms with E-state index in [0.29, 0.717) is 12.4 Å². The maximum absolute atomic E-state index is 13.1. The van der Waals surface area contributed by atoms with Crippen molar-refractivity contribution in [3.05, 3.63) is 63.9 Å². The van der Waals surface area contributed by atoms with E-state index in [1.165, 1.54) is 12.1 Å². The van der Waals surface area contributed by atoms with Gasteiger partial charge in [0, 0.05) is 16.1 Å². The summed E-state index contributed by atoms with van der Waals surface area (Å²) in [5, 5.41) is 0. The lowest BCUT2D eigenvalue weighted by atomic mass is 10.2. The van der Waals surface area contributed by atoms with E-state index in [4.69, 9.17) is 4.74 Å². The molecule has 0 saturated heterocycles. The van der Waals surface area contributed by atoms with Gasteiger partial charge in [0.05, 0.1) is 0 Å². The van der Waals surface area contributed by atoms with Crippen LogP contribution in [0.2, 0.25) is 0 Å². The van der Waals surface area contributed by atoms with Gasteiger partial charge in [-0.05, 0) is 24.6 Å². The van der Waals surface area contributed by atoms with Crippen LogP contribution >= 0.6 is 15.9 Å². The van der Waals surface area contributed by atoms with Crippen molar-refractivity contribution in [2.75, 3.05) is 0 Å². The summed E-state index contributed by atoms with van der Waals surface area (Å²) < 4.78 is 19.7. The predicted octanol–water partition coefficient (Wildman–Crippen LogP) is 4.48. The fraction of sp³-hybridized carbons (Fsp3) is 0.143. The minimum atomic E-state index is -0.280. The SMILES string of the molecule is Cc1ccc(F)cc1OCc1ccccc1Br. The highest BCUT2D eigenvalue weighted by atomic mass is 79.9. The molecule has 2 aromatic carbocycles. The molecule has 0 aliphatic carbocycles. The molecule has 0 heterocycles. The lowest BCUT2D eigenvalue weighted by Gasteiger charge is -2.10. The Morgan fingerprint density at radius 3 is 2.71 bits per heavy atom. The second-order valence-corrected chi connectivity index (χ2v) is 4.64. The number of benzene rings is 2. The van der Waals surface area contributed by atoms with E-state index < -0.39 is 0 Å². The number of rotatable bonds is 3. The van der Waals surface area contributed by atoms with Crippen LogP contribution in [-0.4, -0.2) is 0 Å². The Morgan fingerprint density at radius 1 is 1.18 bits per heavy atom. The summed E-state index contributed by atoms with van der Waals surface area (Å²) in [7, 11) is 0. The van der Waals surface area contributed by atoms with Gasteiger partial charge in [-0.1, -0.05) is 40.2 Å². The minimum absolute atomic E-state index is 0.280. The van der Waals surface area contributed by atoms with E-state index in [1.54, 1.807) is 6.07 Å². The Balaban J connectivity index is 2.12. The largest absolute Gasteiger partial charge is 0.488 e. The molecule has 0 saturated carbocycles. The Hall–Kier alpha value is -1.35. The van der Waals surface area contributed by atoms with Gasteiger partial charge in [0.2, 0.25) is 0 Å². The fourth-order valence-electron chi connectivity index (χ4n) is 1.50. The zero-order chi connectivity index (χ0) is 12.3. The van der Waals surface area contributed by atoms with Crippen molar-refractivity contribution in [3.8, 4) is 5.75 Å². The summed E-state index contributed by atoms with van der Waals surface area (Å²) in [6.07, 6.45) is 0. The summed E-state index contributed by atoms with van der Waals surface area (Å²) >= 11 is 3.45. The lowest BCUT2D eigenvalue weighted by molar-refractivity contribution is 0.301. The Bertz CT molecular complexity index is 525. The van der Waals surface area contributed by atoms with Gasteiger partial charge in [-0.25, -0.2) is 4.39 Å². The van der Waals surface area contributed by atoms with E-state index >= 15 is 0 Å². The van der Waals surface area contributed by atoms with Gasteiger partial charge in [-0.2, -0.15) is 0 Å². The van der Waals surface area contributed by atoms with Crippen LogP contribution in [0.25, 0.3) is 0 Å². The monoisotopic (exact) mass is 294 g/mol. The number of hydrogen-bond acceptors (Lipinski definition) is 1. The highest BCUT2D eigenvalue weighted by Crippen LogP contribution is 2.22. The molecule has 0 atom stereocenters. The van der Waals surface area contributed by atoms with Crippen molar-refractivity contribution < 1.29 is 9.13 Å². The molecule has 0 aliphatic rings. The van der Waals surface area contributed by atoms with Crippen molar-refractivity contribution in [3.63, 3.8) is 0 Å². The minimum Gasteiger partial charge on any atom is -0.488 e. The molecule has 1 nitrogen and oxygen atoms in total. The highest BCUT2D eigenvalue weighted by molar-refractivity contribution is 9.10. The van der Waals surface area contributed by atoms with Crippen molar-refractivity contribution in [1.29, 1.82) is 0 Å². The molecule has 2 rings (SSSR count). The predicted molar refractivity (Wildman–Crippen MR) is 69.6 cm³/mol. The average Bonchev–Trinajstić information content (AvgIpc) is 2.32. The van der Waals surface area contributed by atoms with Crippen LogP contribution in [0, 0.1) is 12.7 Å². The van der Waals surface area contributed by atoms with Crippen LogP contribution in [-0.2, 0) is 6.61 Å². The molecular weight excluding hydrogens is 283 g/mol. The summed E-state index contributed by atoms with van der Waals surface area (Å²) in [4.78, 5) is 0. The third-order valence-electron chi connectivity index (χ3n) is 2.49. The molecule has 2 aromatic rings. The van der Waals surface area contributed by atoms with E-state index in [-0.39, 0.29) is 5.82 Å². The van der Waals surface area contributed by atoms with E-state index in [2.05, 4.69) is 15.9 Å². The number of hydrogen-bond donors (Lipinski definition) is 0. The Morgan fingerprint density at radius 2 is 1.94 bits per heavy atom. The summed E-state index contributed by atoms with van der Waals surface area (Å²) in [6, 6.07) is 12.4.